The summed E-state index contributed by atoms with van der Waals surface area (Å²) < 4.78 is 6.56. The molecule has 0 aliphatic carbocycles. The van der Waals surface area contributed by atoms with Crippen molar-refractivity contribution in [1.29, 1.82) is 0 Å². The molecular weight excluding hydrogens is 264 g/mol. The van der Waals surface area contributed by atoms with Gasteiger partial charge in [0, 0.05) is 12.7 Å². The van der Waals surface area contributed by atoms with Gasteiger partial charge in [0.2, 0.25) is 5.91 Å². The lowest BCUT2D eigenvalue weighted by Crippen LogP contribution is -2.49. The van der Waals surface area contributed by atoms with E-state index >= 15 is 0 Å². The molecule has 1 atom stereocenters. The van der Waals surface area contributed by atoms with Crippen molar-refractivity contribution in [3.63, 3.8) is 0 Å². The van der Waals surface area contributed by atoms with Crippen LogP contribution < -0.4 is 0 Å². The molecule has 0 aromatic carbocycles. The van der Waals surface area contributed by atoms with Crippen molar-refractivity contribution in [2.24, 2.45) is 0 Å². The summed E-state index contributed by atoms with van der Waals surface area (Å²) in [5.74, 6) is -1.22. The largest absolute Gasteiger partial charge is 0.479 e. The van der Waals surface area contributed by atoms with Crippen LogP contribution in [0.25, 0.3) is 0 Å². The predicted molar refractivity (Wildman–Crippen MR) is 68.0 cm³/mol. The van der Waals surface area contributed by atoms with E-state index in [-0.39, 0.29) is 25.6 Å². The van der Waals surface area contributed by atoms with Crippen LogP contribution in [-0.2, 0) is 27.3 Å². The molecule has 1 aromatic rings. The van der Waals surface area contributed by atoms with Gasteiger partial charge < -0.3 is 14.7 Å². The molecule has 0 bridgehead atoms. The summed E-state index contributed by atoms with van der Waals surface area (Å²) in [7, 11) is 0. The molecule has 1 fully saturated rings. The molecule has 20 heavy (non-hydrogen) atoms. The summed E-state index contributed by atoms with van der Waals surface area (Å²) in [6, 6.07) is 0. The molecule has 1 aromatic heterocycles. The SMILES string of the molecule is CCCc1cn(CC(=O)N2CCOC(C(=O)O)C2)nn1. The zero-order valence-electron chi connectivity index (χ0n) is 11.4. The first-order chi connectivity index (χ1) is 9.60. The number of nitrogens with zero attached hydrogens (tertiary/aromatic N) is 4. The van der Waals surface area contributed by atoms with Crippen LogP contribution in [0.1, 0.15) is 19.0 Å². The minimum atomic E-state index is -1.05. The van der Waals surface area contributed by atoms with Crippen molar-refractivity contribution in [2.75, 3.05) is 19.7 Å². The van der Waals surface area contributed by atoms with E-state index < -0.39 is 12.1 Å². The Kier molecular flexibility index (Phi) is 4.67. The highest BCUT2D eigenvalue weighted by Crippen LogP contribution is 2.07. The Morgan fingerprint density at radius 3 is 3.05 bits per heavy atom. The smallest absolute Gasteiger partial charge is 0.334 e. The molecular formula is C12H18N4O4. The Morgan fingerprint density at radius 1 is 1.55 bits per heavy atom. The van der Waals surface area contributed by atoms with Gasteiger partial charge in [-0.25, -0.2) is 9.48 Å². The van der Waals surface area contributed by atoms with E-state index in [0.29, 0.717) is 6.54 Å². The van der Waals surface area contributed by atoms with Crippen LogP contribution >= 0.6 is 0 Å². The van der Waals surface area contributed by atoms with Gasteiger partial charge >= 0.3 is 5.97 Å². The summed E-state index contributed by atoms with van der Waals surface area (Å²) in [5, 5.41) is 16.8. The van der Waals surface area contributed by atoms with Crippen molar-refractivity contribution < 1.29 is 19.4 Å². The predicted octanol–water partition coefficient (Wildman–Crippen LogP) is -0.457. The monoisotopic (exact) mass is 282 g/mol. The molecule has 0 spiro atoms. The maximum atomic E-state index is 12.1. The second kappa shape index (κ2) is 6.47. The number of carboxylic acid groups (broad SMARTS) is 1. The summed E-state index contributed by atoms with van der Waals surface area (Å²) in [6.45, 7) is 2.83. The Bertz CT molecular complexity index is 488. The van der Waals surface area contributed by atoms with Gasteiger partial charge in [0.15, 0.2) is 6.10 Å². The average Bonchev–Trinajstić information content (AvgIpc) is 2.86. The van der Waals surface area contributed by atoms with Crippen LogP contribution in [0.3, 0.4) is 0 Å². The van der Waals surface area contributed by atoms with Crippen LogP contribution in [0.5, 0.6) is 0 Å². The molecule has 1 aliphatic heterocycles. The molecule has 110 valence electrons. The maximum Gasteiger partial charge on any atom is 0.334 e. The highest BCUT2D eigenvalue weighted by atomic mass is 16.5. The van der Waals surface area contributed by atoms with Crippen LogP contribution in [0.2, 0.25) is 0 Å². The third kappa shape index (κ3) is 3.53. The highest BCUT2D eigenvalue weighted by molar-refractivity contribution is 5.78. The molecule has 1 amide bonds. The van der Waals surface area contributed by atoms with E-state index in [0.717, 1.165) is 18.5 Å². The third-order valence-electron chi connectivity index (χ3n) is 3.08. The van der Waals surface area contributed by atoms with Crippen LogP contribution in [0, 0.1) is 0 Å². The molecule has 2 rings (SSSR count). The standard InChI is InChI=1S/C12H18N4O4/c1-2-3-9-6-16(14-13-9)8-11(17)15-4-5-20-10(7-15)12(18)19/h6,10H,2-5,7-8H2,1H3,(H,18,19). The molecule has 1 aliphatic rings. The number of amides is 1. The number of carbonyl (C=O) groups excluding carboxylic acids is 1. The van der Waals surface area contributed by atoms with Gasteiger partial charge in [0.25, 0.3) is 0 Å². The fourth-order valence-corrected chi connectivity index (χ4v) is 2.05. The first kappa shape index (κ1) is 14.4. The number of morpholine rings is 1. The van der Waals surface area contributed by atoms with Gasteiger partial charge in [0.1, 0.15) is 6.54 Å². The molecule has 2 heterocycles. The lowest BCUT2D eigenvalue weighted by molar-refractivity contribution is -0.159. The Morgan fingerprint density at radius 2 is 2.35 bits per heavy atom. The first-order valence-electron chi connectivity index (χ1n) is 6.61. The van der Waals surface area contributed by atoms with Gasteiger partial charge in [-0.15, -0.1) is 5.10 Å². The number of ether oxygens (including phenoxy) is 1. The fourth-order valence-electron chi connectivity index (χ4n) is 2.05. The summed E-state index contributed by atoms with van der Waals surface area (Å²) in [5.41, 5.74) is 0.852. The van der Waals surface area contributed by atoms with Crippen molar-refractivity contribution in [3.8, 4) is 0 Å². The van der Waals surface area contributed by atoms with E-state index in [1.54, 1.807) is 6.20 Å². The zero-order valence-corrected chi connectivity index (χ0v) is 11.4. The minimum Gasteiger partial charge on any atom is -0.479 e. The average molecular weight is 282 g/mol. The first-order valence-corrected chi connectivity index (χ1v) is 6.61. The van der Waals surface area contributed by atoms with Gasteiger partial charge in [-0.2, -0.15) is 0 Å². The normalized spacial score (nSPS) is 19.1. The molecule has 1 unspecified atom stereocenters. The molecule has 0 radical (unpaired) electrons. The molecule has 8 nitrogen and oxygen atoms in total. The molecule has 8 heteroatoms. The maximum absolute atomic E-state index is 12.1. The van der Waals surface area contributed by atoms with E-state index in [1.807, 2.05) is 6.92 Å². The minimum absolute atomic E-state index is 0.0725. The van der Waals surface area contributed by atoms with E-state index in [2.05, 4.69) is 10.3 Å². The lowest BCUT2D eigenvalue weighted by Gasteiger charge is -2.30. The van der Waals surface area contributed by atoms with E-state index in [9.17, 15) is 9.59 Å². The molecule has 1 N–H and O–H groups in total. The number of hydrogen-bond donors (Lipinski definition) is 1. The van der Waals surface area contributed by atoms with Crippen molar-refractivity contribution in [1.82, 2.24) is 19.9 Å². The van der Waals surface area contributed by atoms with Crippen LogP contribution in [0.4, 0.5) is 0 Å². The number of aromatic nitrogens is 3. The Labute approximate surface area is 116 Å². The van der Waals surface area contributed by atoms with E-state index in [1.165, 1.54) is 9.58 Å². The zero-order chi connectivity index (χ0) is 14.5. The number of carboxylic acids is 1. The van der Waals surface area contributed by atoms with Crippen molar-refractivity contribution in [3.05, 3.63) is 11.9 Å². The number of rotatable bonds is 5. The van der Waals surface area contributed by atoms with Crippen LogP contribution in [0.15, 0.2) is 6.20 Å². The number of hydrogen-bond acceptors (Lipinski definition) is 5. The van der Waals surface area contributed by atoms with Gasteiger partial charge in [-0.3, -0.25) is 4.79 Å². The fraction of sp³-hybridized carbons (Fsp3) is 0.667. The van der Waals surface area contributed by atoms with Crippen molar-refractivity contribution >= 4 is 11.9 Å². The van der Waals surface area contributed by atoms with Gasteiger partial charge in [0.05, 0.1) is 18.8 Å². The number of aliphatic carboxylic acids is 1. The Hall–Kier alpha value is -1.96. The highest BCUT2D eigenvalue weighted by Gasteiger charge is 2.29. The van der Waals surface area contributed by atoms with Crippen LogP contribution in [-0.4, -0.2) is 62.7 Å². The topological polar surface area (TPSA) is 97.5 Å². The lowest BCUT2D eigenvalue weighted by atomic mass is 10.2. The van der Waals surface area contributed by atoms with E-state index in [4.69, 9.17) is 9.84 Å². The quantitative estimate of drug-likeness (QED) is 0.785. The summed E-state index contributed by atoms with van der Waals surface area (Å²) in [6.07, 6.45) is 2.60. The summed E-state index contributed by atoms with van der Waals surface area (Å²) >= 11 is 0. The number of aryl methyl sites for hydroxylation is 1. The van der Waals surface area contributed by atoms with Gasteiger partial charge in [-0.05, 0) is 6.42 Å². The van der Waals surface area contributed by atoms with Crippen molar-refractivity contribution in [2.45, 2.75) is 32.4 Å². The second-order valence-corrected chi connectivity index (χ2v) is 4.69. The molecule has 1 saturated heterocycles. The second-order valence-electron chi connectivity index (χ2n) is 4.69. The summed E-state index contributed by atoms with van der Waals surface area (Å²) in [4.78, 5) is 24.4. The Balaban J connectivity index is 1.91. The third-order valence-corrected chi connectivity index (χ3v) is 3.08. The van der Waals surface area contributed by atoms with Gasteiger partial charge in [-0.1, -0.05) is 18.6 Å². The molecule has 0 saturated carbocycles. The number of carbonyl (C=O) groups is 2.